The molecule has 0 saturated heterocycles. The maximum absolute atomic E-state index is 12.2. The number of anilines is 1. The van der Waals surface area contributed by atoms with Crippen molar-refractivity contribution in [3.05, 3.63) is 51.2 Å². The van der Waals surface area contributed by atoms with Gasteiger partial charge < -0.3 is 15.4 Å². The van der Waals surface area contributed by atoms with Gasteiger partial charge in [0.15, 0.2) is 6.61 Å². The first-order valence-electron chi connectivity index (χ1n) is 7.65. The monoisotopic (exact) mass is 378 g/mol. The zero-order valence-corrected chi connectivity index (χ0v) is 14.7. The highest BCUT2D eigenvalue weighted by atomic mass is 35.5. The van der Waals surface area contributed by atoms with Gasteiger partial charge >= 0.3 is 5.97 Å². The Morgan fingerprint density at radius 2 is 1.92 bits per heavy atom. The Labute approximate surface area is 153 Å². The predicted octanol–water partition coefficient (Wildman–Crippen LogP) is 3.09. The molecule has 6 nitrogen and oxygen atoms in total. The van der Waals surface area contributed by atoms with Crippen LogP contribution < -0.4 is 10.6 Å². The molecule has 0 bridgehead atoms. The SMILES string of the molecule is O=C(COC(=O)c1ccc(Cl)s1)Nc1ccccc1C(=O)NC1CC1. The Hall–Kier alpha value is -2.38. The average Bonchev–Trinajstić information content (AvgIpc) is 3.30. The zero-order valence-electron chi connectivity index (χ0n) is 13.1. The van der Waals surface area contributed by atoms with Crippen molar-refractivity contribution in [1.29, 1.82) is 0 Å². The quantitative estimate of drug-likeness (QED) is 0.756. The van der Waals surface area contributed by atoms with Crippen LogP contribution in [0.3, 0.4) is 0 Å². The van der Waals surface area contributed by atoms with Crippen molar-refractivity contribution >= 4 is 46.4 Å². The molecule has 1 heterocycles. The summed E-state index contributed by atoms with van der Waals surface area (Å²) in [5.74, 6) is -1.38. The molecular formula is C17H15ClN2O4S. The van der Waals surface area contributed by atoms with E-state index < -0.39 is 18.5 Å². The molecule has 1 saturated carbocycles. The number of carbonyl (C=O) groups is 3. The number of thiophene rings is 1. The van der Waals surface area contributed by atoms with Gasteiger partial charge in [-0.15, -0.1) is 11.3 Å². The van der Waals surface area contributed by atoms with Crippen LogP contribution in [0.25, 0.3) is 0 Å². The fraction of sp³-hybridized carbons (Fsp3) is 0.235. The maximum Gasteiger partial charge on any atom is 0.348 e. The number of rotatable bonds is 6. The molecule has 3 rings (SSSR count). The molecule has 2 N–H and O–H groups in total. The Morgan fingerprint density at radius 1 is 1.16 bits per heavy atom. The molecule has 0 atom stereocenters. The molecule has 2 aromatic rings. The van der Waals surface area contributed by atoms with Gasteiger partial charge in [0.25, 0.3) is 11.8 Å². The summed E-state index contributed by atoms with van der Waals surface area (Å²) in [6.45, 7) is -0.451. The third kappa shape index (κ3) is 4.80. The number of hydrogen-bond acceptors (Lipinski definition) is 5. The van der Waals surface area contributed by atoms with Crippen LogP contribution >= 0.6 is 22.9 Å². The van der Waals surface area contributed by atoms with E-state index in [-0.39, 0.29) is 11.9 Å². The van der Waals surface area contributed by atoms with E-state index in [4.69, 9.17) is 16.3 Å². The molecule has 1 fully saturated rings. The van der Waals surface area contributed by atoms with Crippen LogP contribution in [-0.2, 0) is 9.53 Å². The predicted molar refractivity (Wildman–Crippen MR) is 95.2 cm³/mol. The van der Waals surface area contributed by atoms with Crippen LogP contribution in [0.15, 0.2) is 36.4 Å². The van der Waals surface area contributed by atoms with Crippen molar-refractivity contribution in [3.63, 3.8) is 0 Å². The second-order valence-corrected chi connectivity index (χ2v) is 7.24. The number of ether oxygens (including phenoxy) is 1. The third-order valence-corrected chi connectivity index (χ3v) is 4.68. The fourth-order valence-corrected chi connectivity index (χ4v) is 3.03. The van der Waals surface area contributed by atoms with E-state index in [0.29, 0.717) is 20.5 Å². The number of halogens is 1. The minimum Gasteiger partial charge on any atom is -0.451 e. The van der Waals surface area contributed by atoms with E-state index in [0.717, 1.165) is 24.2 Å². The van der Waals surface area contributed by atoms with E-state index >= 15 is 0 Å². The highest BCUT2D eigenvalue weighted by molar-refractivity contribution is 7.17. The van der Waals surface area contributed by atoms with Gasteiger partial charge in [0.05, 0.1) is 15.6 Å². The highest BCUT2D eigenvalue weighted by Gasteiger charge is 2.25. The van der Waals surface area contributed by atoms with E-state index in [2.05, 4.69) is 10.6 Å². The molecule has 8 heteroatoms. The van der Waals surface area contributed by atoms with Gasteiger partial charge in [0.2, 0.25) is 0 Å². The molecule has 2 amide bonds. The van der Waals surface area contributed by atoms with Gasteiger partial charge in [-0.1, -0.05) is 23.7 Å². The zero-order chi connectivity index (χ0) is 17.8. The van der Waals surface area contributed by atoms with Crippen molar-refractivity contribution in [2.75, 3.05) is 11.9 Å². The van der Waals surface area contributed by atoms with Gasteiger partial charge in [-0.3, -0.25) is 9.59 Å². The topological polar surface area (TPSA) is 84.5 Å². The van der Waals surface area contributed by atoms with Crippen molar-refractivity contribution in [1.82, 2.24) is 5.32 Å². The van der Waals surface area contributed by atoms with Crippen molar-refractivity contribution in [3.8, 4) is 0 Å². The average molecular weight is 379 g/mol. The third-order valence-electron chi connectivity index (χ3n) is 3.47. The molecule has 1 aromatic heterocycles. The molecule has 25 heavy (non-hydrogen) atoms. The summed E-state index contributed by atoms with van der Waals surface area (Å²) < 4.78 is 5.42. The number of benzene rings is 1. The summed E-state index contributed by atoms with van der Waals surface area (Å²) in [6, 6.07) is 10.0. The summed E-state index contributed by atoms with van der Waals surface area (Å²) in [7, 11) is 0. The molecule has 1 aliphatic rings. The Bertz CT molecular complexity index is 816. The number of para-hydroxylation sites is 1. The van der Waals surface area contributed by atoms with Gasteiger partial charge in [0.1, 0.15) is 4.88 Å². The van der Waals surface area contributed by atoms with Crippen LogP contribution in [0.2, 0.25) is 4.34 Å². The van der Waals surface area contributed by atoms with Gasteiger partial charge in [-0.2, -0.15) is 0 Å². The van der Waals surface area contributed by atoms with E-state index in [1.807, 2.05) is 0 Å². The largest absolute Gasteiger partial charge is 0.451 e. The number of hydrogen-bond donors (Lipinski definition) is 2. The number of nitrogens with one attached hydrogen (secondary N) is 2. The standard InChI is InChI=1S/C17H15ClN2O4S/c18-14-8-7-13(25-14)17(23)24-9-15(21)20-12-4-2-1-3-11(12)16(22)19-10-5-6-10/h1-4,7-8,10H,5-6,9H2,(H,19,22)(H,20,21). The van der Waals surface area contributed by atoms with Gasteiger partial charge in [-0.25, -0.2) is 4.79 Å². The van der Waals surface area contributed by atoms with Crippen LogP contribution in [-0.4, -0.2) is 30.4 Å². The first-order valence-corrected chi connectivity index (χ1v) is 8.84. The number of esters is 1. The summed E-state index contributed by atoms with van der Waals surface area (Å²) >= 11 is 6.83. The van der Waals surface area contributed by atoms with Crippen LogP contribution in [0.4, 0.5) is 5.69 Å². The molecule has 1 aromatic carbocycles. The van der Waals surface area contributed by atoms with E-state index in [9.17, 15) is 14.4 Å². The maximum atomic E-state index is 12.2. The molecule has 0 unspecified atom stereocenters. The fourth-order valence-electron chi connectivity index (χ4n) is 2.09. The molecule has 0 radical (unpaired) electrons. The van der Waals surface area contributed by atoms with Crippen molar-refractivity contribution in [2.45, 2.75) is 18.9 Å². The normalized spacial score (nSPS) is 13.2. The van der Waals surface area contributed by atoms with Crippen molar-refractivity contribution < 1.29 is 19.1 Å². The lowest BCUT2D eigenvalue weighted by Gasteiger charge is -2.11. The van der Waals surface area contributed by atoms with Gasteiger partial charge in [-0.05, 0) is 37.1 Å². The Kier molecular flexibility index (Phi) is 5.35. The first kappa shape index (κ1) is 17.4. The minimum atomic E-state index is -0.619. The summed E-state index contributed by atoms with van der Waals surface area (Å²) in [6.07, 6.45) is 1.95. The lowest BCUT2D eigenvalue weighted by molar-refractivity contribution is -0.119. The second kappa shape index (κ2) is 7.67. The molecular weight excluding hydrogens is 364 g/mol. The molecule has 0 spiro atoms. The molecule has 0 aliphatic heterocycles. The minimum absolute atomic E-state index is 0.217. The molecule has 130 valence electrons. The van der Waals surface area contributed by atoms with Gasteiger partial charge in [0, 0.05) is 6.04 Å². The van der Waals surface area contributed by atoms with Crippen LogP contribution in [0.1, 0.15) is 32.9 Å². The lowest BCUT2D eigenvalue weighted by Crippen LogP contribution is -2.27. The molecule has 1 aliphatic carbocycles. The second-order valence-electron chi connectivity index (χ2n) is 5.52. The smallest absolute Gasteiger partial charge is 0.348 e. The van der Waals surface area contributed by atoms with Crippen molar-refractivity contribution in [2.24, 2.45) is 0 Å². The lowest BCUT2D eigenvalue weighted by atomic mass is 10.1. The highest BCUT2D eigenvalue weighted by Crippen LogP contribution is 2.23. The summed E-state index contributed by atoms with van der Waals surface area (Å²) in [5.41, 5.74) is 0.750. The number of carbonyl (C=O) groups excluding carboxylic acids is 3. The summed E-state index contributed by atoms with van der Waals surface area (Å²) in [4.78, 5) is 36.3. The van der Waals surface area contributed by atoms with E-state index in [1.54, 1.807) is 30.3 Å². The van der Waals surface area contributed by atoms with E-state index in [1.165, 1.54) is 6.07 Å². The van der Waals surface area contributed by atoms with Crippen LogP contribution in [0.5, 0.6) is 0 Å². The summed E-state index contributed by atoms with van der Waals surface area (Å²) in [5, 5.41) is 5.47. The Morgan fingerprint density at radius 3 is 2.60 bits per heavy atom. The first-order chi connectivity index (χ1) is 12.0. The van der Waals surface area contributed by atoms with Crippen LogP contribution in [0, 0.1) is 0 Å². The number of amides is 2. The Balaban J connectivity index is 1.57.